The summed E-state index contributed by atoms with van der Waals surface area (Å²) in [6.07, 6.45) is 5.51. The van der Waals surface area contributed by atoms with Crippen LogP contribution in [0.4, 0.5) is 0 Å². The average Bonchev–Trinajstić information content (AvgIpc) is 2.77. The fourth-order valence-corrected chi connectivity index (χ4v) is 3.76. The zero-order valence-corrected chi connectivity index (χ0v) is 9.66. The van der Waals surface area contributed by atoms with Crippen LogP contribution in [0.2, 0.25) is 0 Å². The lowest BCUT2D eigenvalue weighted by Crippen LogP contribution is -2.45. The minimum Gasteiger partial charge on any atom is -0.469 e. The van der Waals surface area contributed by atoms with Crippen LogP contribution in [0.5, 0.6) is 0 Å². The van der Waals surface area contributed by atoms with Gasteiger partial charge in [0.15, 0.2) is 0 Å². The topological polar surface area (TPSA) is 52.3 Å². The Morgan fingerprint density at radius 3 is 2.73 bits per heavy atom. The Bertz CT molecular complexity index is 264. The highest BCUT2D eigenvalue weighted by Crippen LogP contribution is 2.58. The van der Waals surface area contributed by atoms with Gasteiger partial charge in [-0.15, -0.1) is 0 Å². The van der Waals surface area contributed by atoms with Gasteiger partial charge in [0.1, 0.15) is 0 Å². The molecule has 0 amide bonds. The largest absolute Gasteiger partial charge is 0.469 e. The number of hydrogen-bond acceptors (Lipinski definition) is 3. The van der Waals surface area contributed by atoms with Crippen LogP contribution >= 0.6 is 0 Å². The number of carbonyl (C=O) groups excluding carboxylic acids is 1. The Hall–Kier alpha value is -0.570. The highest BCUT2D eigenvalue weighted by atomic mass is 16.5. The molecule has 0 aromatic rings. The number of ether oxygens (including phenoxy) is 1. The van der Waals surface area contributed by atoms with E-state index in [1.54, 1.807) is 0 Å². The van der Waals surface area contributed by atoms with Crippen LogP contribution in [-0.4, -0.2) is 19.1 Å². The van der Waals surface area contributed by atoms with Gasteiger partial charge in [-0.05, 0) is 43.4 Å². The second-order valence-corrected chi connectivity index (χ2v) is 5.35. The van der Waals surface area contributed by atoms with Crippen molar-refractivity contribution in [3.05, 3.63) is 0 Å². The normalized spacial score (nSPS) is 40.5. The molecule has 0 aliphatic heterocycles. The molecule has 2 aliphatic carbocycles. The maximum atomic E-state index is 11.5. The summed E-state index contributed by atoms with van der Waals surface area (Å²) in [5.74, 6) is 1.37. The molecule has 0 radical (unpaired) electrons. The molecule has 0 aromatic carbocycles. The minimum atomic E-state index is -0.0974. The van der Waals surface area contributed by atoms with Crippen molar-refractivity contribution >= 4 is 5.97 Å². The van der Waals surface area contributed by atoms with E-state index in [2.05, 4.69) is 0 Å². The summed E-state index contributed by atoms with van der Waals surface area (Å²) < 4.78 is 4.80. The van der Waals surface area contributed by atoms with E-state index < -0.39 is 0 Å². The molecule has 4 unspecified atom stereocenters. The molecule has 3 nitrogen and oxygen atoms in total. The van der Waals surface area contributed by atoms with Crippen LogP contribution in [0.15, 0.2) is 0 Å². The summed E-state index contributed by atoms with van der Waals surface area (Å²) in [6, 6.07) is 0.104. The van der Waals surface area contributed by atoms with Gasteiger partial charge >= 0.3 is 5.97 Å². The van der Waals surface area contributed by atoms with Gasteiger partial charge in [0.25, 0.3) is 0 Å². The molecule has 4 atom stereocenters. The van der Waals surface area contributed by atoms with Gasteiger partial charge in [0, 0.05) is 6.04 Å². The van der Waals surface area contributed by atoms with Gasteiger partial charge in [-0.3, -0.25) is 4.79 Å². The van der Waals surface area contributed by atoms with Gasteiger partial charge in [-0.1, -0.05) is 6.42 Å². The average molecular weight is 211 g/mol. The van der Waals surface area contributed by atoms with Crippen LogP contribution in [0.1, 0.15) is 39.0 Å². The van der Waals surface area contributed by atoms with E-state index >= 15 is 0 Å². The summed E-state index contributed by atoms with van der Waals surface area (Å²) in [5, 5.41) is 0. The van der Waals surface area contributed by atoms with Crippen molar-refractivity contribution in [3.63, 3.8) is 0 Å². The molecule has 15 heavy (non-hydrogen) atoms. The lowest BCUT2D eigenvalue weighted by atomic mass is 9.66. The van der Waals surface area contributed by atoms with Crippen LogP contribution in [0, 0.1) is 17.3 Å². The lowest BCUT2D eigenvalue weighted by molar-refractivity contribution is -0.145. The third-order valence-electron chi connectivity index (χ3n) is 4.63. The van der Waals surface area contributed by atoms with E-state index in [1.807, 2.05) is 6.92 Å². The predicted molar refractivity (Wildman–Crippen MR) is 58.2 cm³/mol. The molecular formula is C12H21NO2. The molecule has 2 aliphatic rings. The number of nitrogens with two attached hydrogens (primary N) is 1. The smallest absolute Gasteiger partial charge is 0.306 e. The first kappa shape index (κ1) is 10.9. The molecule has 0 aromatic heterocycles. The maximum Gasteiger partial charge on any atom is 0.306 e. The molecule has 2 fully saturated rings. The van der Waals surface area contributed by atoms with Gasteiger partial charge in [0.2, 0.25) is 0 Å². The zero-order valence-electron chi connectivity index (χ0n) is 9.66. The summed E-state index contributed by atoms with van der Waals surface area (Å²) in [6.45, 7) is 2.05. The molecule has 2 rings (SSSR count). The van der Waals surface area contributed by atoms with Crippen LogP contribution in [-0.2, 0) is 9.53 Å². The second kappa shape index (κ2) is 3.78. The van der Waals surface area contributed by atoms with Crippen LogP contribution in [0.25, 0.3) is 0 Å². The summed E-state index contributed by atoms with van der Waals surface area (Å²) >= 11 is 0. The Morgan fingerprint density at radius 2 is 2.33 bits per heavy atom. The van der Waals surface area contributed by atoms with Crippen molar-refractivity contribution in [1.29, 1.82) is 0 Å². The molecule has 0 heterocycles. The number of esters is 1. The Balaban J connectivity index is 2.15. The van der Waals surface area contributed by atoms with Crippen molar-refractivity contribution in [3.8, 4) is 0 Å². The molecule has 3 heteroatoms. The standard InChI is InChI=1S/C12H21NO2/c1-8(13)12(7-11(14)15-2)6-9-3-4-10(12)5-9/h8-10H,3-7,13H2,1-2H3. The third-order valence-corrected chi connectivity index (χ3v) is 4.63. The van der Waals surface area contributed by atoms with Crippen LogP contribution < -0.4 is 5.73 Å². The summed E-state index contributed by atoms with van der Waals surface area (Å²) in [4.78, 5) is 11.5. The molecular weight excluding hydrogens is 190 g/mol. The lowest BCUT2D eigenvalue weighted by Gasteiger charge is -2.40. The van der Waals surface area contributed by atoms with Crippen molar-refractivity contribution < 1.29 is 9.53 Å². The molecule has 86 valence electrons. The van der Waals surface area contributed by atoms with E-state index in [9.17, 15) is 4.79 Å². The summed E-state index contributed by atoms with van der Waals surface area (Å²) in [5.41, 5.74) is 6.15. The monoisotopic (exact) mass is 211 g/mol. The van der Waals surface area contributed by atoms with Gasteiger partial charge in [-0.25, -0.2) is 0 Å². The Labute approximate surface area is 91.4 Å². The molecule has 2 N–H and O–H groups in total. The van der Waals surface area contributed by atoms with E-state index in [4.69, 9.17) is 10.5 Å². The van der Waals surface area contributed by atoms with Crippen molar-refractivity contribution in [1.82, 2.24) is 0 Å². The fourth-order valence-electron chi connectivity index (χ4n) is 3.76. The quantitative estimate of drug-likeness (QED) is 0.723. The Morgan fingerprint density at radius 1 is 1.60 bits per heavy atom. The van der Waals surface area contributed by atoms with Crippen molar-refractivity contribution in [2.75, 3.05) is 7.11 Å². The first-order chi connectivity index (χ1) is 7.08. The predicted octanol–water partition coefficient (Wildman–Crippen LogP) is 1.70. The van der Waals surface area contributed by atoms with E-state index in [1.165, 1.54) is 26.4 Å². The van der Waals surface area contributed by atoms with E-state index in [0.29, 0.717) is 12.3 Å². The van der Waals surface area contributed by atoms with E-state index in [-0.39, 0.29) is 17.4 Å². The zero-order chi connectivity index (χ0) is 11.1. The third kappa shape index (κ3) is 1.67. The van der Waals surface area contributed by atoms with Gasteiger partial charge in [-0.2, -0.15) is 0 Å². The number of carbonyl (C=O) groups is 1. The SMILES string of the molecule is COC(=O)CC1(C(C)N)CC2CCC1C2. The Kier molecular flexibility index (Phi) is 2.75. The highest BCUT2D eigenvalue weighted by molar-refractivity contribution is 5.70. The van der Waals surface area contributed by atoms with Gasteiger partial charge in [0.05, 0.1) is 13.5 Å². The van der Waals surface area contributed by atoms with Crippen LogP contribution in [0.3, 0.4) is 0 Å². The molecule has 2 saturated carbocycles. The fraction of sp³-hybridized carbons (Fsp3) is 0.917. The highest BCUT2D eigenvalue weighted by Gasteiger charge is 2.53. The van der Waals surface area contributed by atoms with Crippen molar-refractivity contribution in [2.45, 2.75) is 45.1 Å². The van der Waals surface area contributed by atoms with E-state index in [0.717, 1.165) is 12.3 Å². The maximum absolute atomic E-state index is 11.5. The molecule has 0 saturated heterocycles. The second-order valence-electron chi connectivity index (χ2n) is 5.35. The summed E-state index contributed by atoms with van der Waals surface area (Å²) in [7, 11) is 1.46. The first-order valence-electron chi connectivity index (χ1n) is 5.91. The number of fused-ring (bicyclic) bond motifs is 2. The number of hydrogen-bond donors (Lipinski definition) is 1. The minimum absolute atomic E-state index is 0.0377. The number of methoxy groups -OCH3 is 1. The van der Waals surface area contributed by atoms with Gasteiger partial charge < -0.3 is 10.5 Å². The van der Waals surface area contributed by atoms with Crippen molar-refractivity contribution in [2.24, 2.45) is 23.0 Å². The first-order valence-corrected chi connectivity index (χ1v) is 5.91. The molecule has 2 bridgehead atoms. The number of rotatable bonds is 3. The molecule has 0 spiro atoms.